The molecule has 1 saturated carbocycles. The maximum absolute atomic E-state index is 13.0. The fraction of sp³-hybridized carbons (Fsp3) is 0.345. The Hall–Kier alpha value is -3.23. The zero-order valence-electron chi connectivity index (χ0n) is 20.2. The van der Waals surface area contributed by atoms with Crippen molar-refractivity contribution in [1.82, 2.24) is 9.88 Å². The first-order chi connectivity index (χ1) is 17.9. The van der Waals surface area contributed by atoms with Gasteiger partial charge in [-0.2, -0.15) is 0 Å². The van der Waals surface area contributed by atoms with Crippen molar-refractivity contribution in [2.75, 3.05) is 26.3 Å². The molecule has 37 heavy (non-hydrogen) atoms. The van der Waals surface area contributed by atoms with Gasteiger partial charge in [-0.3, -0.25) is 4.98 Å². The van der Waals surface area contributed by atoms with Crippen molar-refractivity contribution < 1.29 is 24.2 Å². The number of ether oxygens (including phenoxy) is 2. The lowest BCUT2D eigenvalue weighted by atomic mass is 9.76. The Morgan fingerprint density at radius 1 is 1.00 bits per heavy atom. The summed E-state index contributed by atoms with van der Waals surface area (Å²) in [6.45, 7) is 1.05. The van der Waals surface area contributed by atoms with Crippen LogP contribution in [0.4, 0.5) is 4.79 Å². The summed E-state index contributed by atoms with van der Waals surface area (Å²) in [7, 11) is 0. The molecule has 1 aliphatic heterocycles. The molecule has 2 heterocycles. The summed E-state index contributed by atoms with van der Waals surface area (Å²) in [6.07, 6.45) is 3.51. The first-order valence-corrected chi connectivity index (χ1v) is 13.3. The van der Waals surface area contributed by atoms with Crippen molar-refractivity contribution in [3.05, 3.63) is 88.2 Å². The van der Waals surface area contributed by atoms with E-state index in [1.165, 1.54) is 22.3 Å². The molecule has 1 amide bonds. The molecular formula is C29H27BrN2O5. The summed E-state index contributed by atoms with van der Waals surface area (Å²) in [6, 6.07) is 20.4. The van der Waals surface area contributed by atoms with E-state index in [1.54, 1.807) is 11.1 Å². The van der Waals surface area contributed by atoms with Gasteiger partial charge in [0.2, 0.25) is 0 Å². The summed E-state index contributed by atoms with van der Waals surface area (Å²) < 4.78 is 12.7. The van der Waals surface area contributed by atoms with Crippen molar-refractivity contribution in [3.63, 3.8) is 0 Å². The molecule has 0 bridgehead atoms. The smallest absolute Gasteiger partial charge is 0.409 e. The summed E-state index contributed by atoms with van der Waals surface area (Å²) in [5.74, 6) is -0.982. The fourth-order valence-electron chi connectivity index (χ4n) is 6.36. The van der Waals surface area contributed by atoms with Crippen molar-refractivity contribution in [2.45, 2.75) is 30.8 Å². The van der Waals surface area contributed by atoms with Crippen LogP contribution in [0.1, 0.15) is 42.0 Å². The quantitative estimate of drug-likeness (QED) is 0.422. The number of halogens is 1. The number of likely N-dealkylation sites (tertiary alicyclic amines) is 1. The van der Waals surface area contributed by atoms with Gasteiger partial charge in [0.25, 0.3) is 0 Å². The zero-order valence-corrected chi connectivity index (χ0v) is 21.8. The SMILES string of the molecule is O=C(O)COC1(c2ccc(Br)cn2)CCC2(CN(C(=O)OCC3c4ccccc4-c4ccccc43)C2)C1. The molecule has 1 saturated heterocycles. The lowest BCUT2D eigenvalue weighted by molar-refractivity contribution is -0.152. The Morgan fingerprint density at radius 2 is 1.68 bits per heavy atom. The maximum Gasteiger partial charge on any atom is 0.409 e. The minimum absolute atomic E-state index is 0.0265. The van der Waals surface area contributed by atoms with Crippen LogP contribution in [-0.2, 0) is 19.9 Å². The Kier molecular flexibility index (Phi) is 6.04. The van der Waals surface area contributed by atoms with Crippen LogP contribution in [0.2, 0.25) is 0 Å². The second kappa shape index (κ2) is 9.26. The highest BCUT2D eigenvalue weighted by molar-refractivity contribution is 9.10. The predicted molar refractivity (Wildman–Crippen MR) is 140 cm³/mol. The summed E-state index contributed by atoms with van der Waals surface area (Å²) >= 11 is 3.41. The Morgan fingerprint density at radius 3 is 2.30 bits per heavy atom. The molecule has 1 N–H and O–H groups in total. The number of benzene rings is 2. The number of rotatable bonds is 6. The van der Waals surface area contributed by atoms with Gasteiger partial charge in [0.15, 0.2) is 0 Å². The number of carboxylic acids is 1. The number of carbonyl (C=O) groups is 2. The van der Waals surface area contributed by atoms with Crippen LogP contribution in [0.3, 0.4) is 0 Å². The molecular weight excluding hydrogens is 536 g/mol. The van der Waals surface area contributed by atoms with Crippen LogP contribution >= 0.6 is 15.9 Å². The Balaban J connectivity index is 1.11. The number of carbonyl (C=O) groups excluding carboxylic acids is 1. The van der Waals surface area contributed by atoms with E-state index in [9.17, 15) is 14.7 Å². The molecule has 3 aliphatic rings. The highest BCUT2D eigenvalue weighted by Crippen LogP contribution is 2.55. The molecule has 2 aliphatic carbocycles. The number of carboxylic acid groups (broad SMARTS) is 1. The molecule has 1 atom stereocenters. The van der Waals surface area contributed by atoms with E-state index in [1.807, 2.05) is 36.4 Å². The molecule has 190 valence electrons. The van der Waals surface area contributed by atoms with E-state index in [4.69, 9.17) is 9.47 Å². The summed E-state index contributed by atoms with van der Waals surface area (Å²) in [5, 5.41) is 9.24. The number of aromatic nitrogens is 1. The van der Waals surface area contributed by atoms with Crippen molar-refractivity contribution >= 4 is 28.0 Å². The van der Waals surface area contributed by atoms with E-state index in [0.717, 1.165) is 16.6 Å². The van der Waals surface area contributed by atoms with Gasteiger partial charge >= 0.3 is 12.1 Å². The normalized spacial score (nSPS) is 21.4. The molecule has 8 heteroatoms. The molecule has 0 radical (unpaired) electrons. The largest absolute Gasteiger partial charge is 0.480 e. The maximum atomic E-state index is 13.0. The zero-order chi connectivity index (χ0) is 25.6. The number of hydrogen-bond donors (Lipinski definition) is 1. The average Bonchev–Trinajstić information content (AvgIpc) is 3.43. The fourth-order valence-corrected chi connectivity index (χ4v) is 6.59. The minimum atomic E-state index is -1.01. The third kappa shape index (κ3) is 4.32. The van der Waals surface area contributed by atoms with E-state index in [2.05, 4.69) is 45.2 Å². The standard InChI is InChI=1S/C29H27BrN2O5/c30-19-9-10-25(31-13-19)29(37-15-26(33)34)12-11-28(16-29)17-32(18-28)27(35)36-14-24-22-7-3-1-5-20(22)21-6-2-4-8-23(21)24/h1-10,13,24H,11-12,14-18H2,(H,33,34). The third-order valence-electron chi connectivity index (χ3n) is 8.03. The first kappa shape index (κ1) is 24.1. The third-order valence-corrected chi connectivity index (χ3v) is 8.50. The lowest BCUT2D eigenvalue weighted by Gasteiger charge is -2.48. The van der Waals surface area contributed by atoms with Crippen molar-refractivity contribution in [3.8, 4) is 11.1 Å². The average molecular weight is 563 g/mol. The molecule has 3 aromatic rings. The molecule has 1 aromatic heterocycles. The van der Waals surface area contributed by atoms with Gasteiger partial charge in [-0.1, -0.05) is 48.5 Å². The number of amides is 1. The van der Waals surface area contributed by atoms with Crippen LogP contribution in [0, 0.1) is 5.41 Å². The predicted octanol–water partition coefficient (Wildman–Crippen LogP) is 5.58. The second-order valence-electron chi connectivity index (χ2n) is 10.4. The van der Waals surface area contributed by atoms with Crippen LogP contribution in [0.25, 0.3) is 11.1 Å². The number of nitrogens with zero attached hydrogens (tertiary/aromatic N) is 2. The monoisotopic (exact) mass is 562 g/mol. The molecule has 1 spiro atoms. The van der Waals surface area contributed by atoms with Gasteiger partial charge in [-0.25, -0.2) is 9.59 Å². The minimum Gasteiger partial charge on any atom is -0.480 e. The topological polar surface area (TPSA) is 89.0 Å². The molecule has 2 aromatic carbocycles. The van der Waals surface area contributed by atoms with Crippen LogP contribution in [0.15, 0.2) is 71.3 Å². The second-order valence-corrected chi connectivity index (χ2v) is 11.3. The van der Waals surface area contributed by atoms with Crippen LogP contribution in [0.5, 0.6) is 0 Å². The number of pyridine rings is 1. The molecule has 7 nitrogen and oxygen atoms in total. The number of fused-ring (bicyclic) bond motifs is 3. The van der Waals surface area contributed by atoms with E-state index in [0.29, 0.717) is 32.5 Å². The summed E-state index contributed by atoms with van der Waals surface area (Å²) in [5.41, 5.74) is 4.61. The molecule has 2 fully saturated rings. The van der Waals surface area contributed by atoms with Crippen LogP contribution in [-0.4, -0.2) is 53.4 Å². The highest BCUT2D eigenvalue weighted by atomic mass is 79.9. The van der Waals surface area contributed by atoms with Gasteiger partial charge in [0.05, 0.1) is 5.69 Å². The van der Waals surface area contributed by atoms with Crippen molar-refractivity contribution in [2.24, 2.45) is 5.41 Å². The van der Waals surface area contributed by atoms with E-state index in [-0.39, 0.29) is 24.0 Å². The van der Waals surface area contributed by atoms with Crippen LogP contribution < -0.4 is 0 Å². The molecule has 1 unspecified atom stereocenters. The van der Waals surface area contributed by atoms with Gasteiger partial charge in [0.1, 0.15) is 18.8 Å². The first-order valence-electron chi connectivity index (χ1n) is 12.5. The highest BCUT2D eigenvalue weighted by Gasteiger charge is 2.57. The van der Waals surface area contributed by atoms with Crippen molar-refractivity contribution in [1.29, 1.82) is 0 Å². The Labute approximate surface area is 223 Å². The van der Waals surface area contributed by atoms with E-state index < -0.39 is 11.6 Å². The Bertz CT molecular complexity index is 1310. The summed E-state index contributed by atoms with van der Waals surface area (Å²) in [4.78, 5) is 30.6. The van der Waals surface area contributed by atoms with Gasteiger partial charge in [0, 0.05) is 35.1 Å². The number of hydrogen-bond acceptors (Lipinski definition) is 5. The number of aliphatic carboxylic acids is 1. The van der Waals surface area contributed by atoms with Gasteiger partial charge < -0.3 is 19.5 Å². The van der Waals surface area contributed by atoms with E-state index >= 15 is 0 Å². The lowest BCUT2D eigenvalue weighted by Crippen LogP contribution is -2.58. The van der Waals surface area contributed by atoms with Gasteiger partial charge in [-0.15, -0.1) is 0 Å². The molecule has 6 rings (SSSR count). The van der Waals surface area contributed by atoms with Gasteiger partial charge in [-0.05, 0) is 69.6 Å².